The Labute approximate surface area is 132 Å². The van der Waals surface area contributed by atoms with Gasteiger partial charge >= 0.3 is 0 Å². The highest BCUT2D eigenvalue weighted by Crippen LogP contribution is 2.25. The maximum atomic E-state index is 5.92. The highest BCUT2D eigenvalue weighted by atomic mass is 32.2. The van der Waals surface area contributed by atoms with Crippen molar-refractivity contribution in [2.24, 2.45) is 0 Å². The predicted molar refractivity (Wildman–Crippen MR) is 89.7 cm³/mol. The van der Waals surface area contributed by atoms with E-state index in [-0.39, 0.29) is 0 Å². The Kier molecular flexibility index (Phi) is 10.1. The lowest BCUT2D eigenvalue weighted by molar-refractivity contribution is 0.199. The first-order valence-corrected chi connectivity index (χ1v) is 8.54. The lowest BCUT2D eigenvalue weighted by Crippen LogP contribution is -2.19. The van der Waals surface area contributed by atoms with Gasteiger partial charge in [-0.1, -0.05) is 13.0 Å². The number of hydrogen-bond acceptors (Lipinski definition) is 5. The van der Waals surface area contributed by atoms with Gasteiger partial charge in [-0.05, 0) is 24.0 Å². The third-order valence-corrected chi connectivity index (χ3v) is 3.95. The first kappa shape index (κ1) is 18.1. The van der Waals surface area contributed by atoms with Crippen molar-refractivity contribution in [1.82, 2.24) is 5.32 Å². The first-order chi connectivity index (χ1) is 10.3. The van der Waals surface area contributed by atoms with Crippen LogP contribution in [0.15, 0.2) is 18.2 Å². The van der Waals surface area contributed by atoms with E-state index in [1.54, 1.807) is 14.2 Å². The summed E-state index contributed by atoms with van der Waals surface area (Å²) in [4.78, 5) is 0. The molecule has 0 heterocycles. The Morgan fingerprint density at radius 1 is 1.19 bits per heavy atom. The first-order valence-electron chi connectivity index (χ1n) is 7.39. The highest BCUT2D eigenvalue weighted by molar-refractivity contribution is 7.99. The summed E-state index contributed by atoms with van der Waals surface area (Å²) in [5.41, 5.74) is 1.15. The van der Waals surface area contributed by atoms with Gasteiger partial charge in [0.25, 0.3) is 0 Å². The van der Waals surface area contributed by atoms with E-state index in [0.717, 1.165) is 54.7 Å². The summed E-state index contributed by atoms with van der Waals surface area (Å²) in [6.45, 7) is 5.23. The zero-order valence-electron chi connectivity index (χ0n) is 13.3. The molecule has 0 atom stereocenters. The van der Waals surface area contributed by atoms with Crippen molar-refractivity contribution >= 4 is 11.8 Å². The summed E-state index contributed by atoms with van der Waals surface area (Å²) >= 11 is 1.94. The van der Waals surface area contributed by atoms with Crippen molar-refractivity contribution in [3.8, 4) is 11.5 Å². The van der Waals surface area contributed by atoms with E-state index in [9.17, 15) is 0 Å². The fraction of sp³-hybridized carbons (Fsp3) is 0.625. The quantitative estimate of drug-likeness (QED) is 0.601. The van der Waals surface area contributed by atoms with Gasteiger partial charge < -0.3 is 19.5 Å². The minimum absolute atomic E-state index is 0.709. The Morgan fingerprint density at radius 3 is 2.76 bits per heavy atom. The molecule has 0 aliphatic rings. The van der Waals surface area contributed by atoms with Gasteiger partial charge in [-0.15, -0.1) is 0 Å². The molecule has 0 bridgehead atoms. The fourth-order valence-electron chi connectivity index (χ4n) is 1.83. The largest absolute Gasteiger partial charge is 0.497 e. The molecule has 0 unspecified atom stereocenters. The smallest absolute Gasteiger partial charge is 0.127 e. The van der Waals surface area contributed by atoms with Crippen LogP contribution in [0.3, 0.4) is 0 Å². The van der Waals surface area contributed by atoms with Gasteiger partial charge in [0, 0.05) is 31.8 Å². The molecule has 0 saturated heterocycles. The van der Waals surface area contributed by atoms with Crippen LogP contribution in [0.25, 0.3) is 0 Å². The van der Waals surface area contributed by atoms with Crippen LogP contribution in [0, 0.1) is 0 Å². The molecule has 5 heteroatoms. The van der Waals surface area contributed by atoms with E-state index < -0.39 is 0 Å². The van der Waals surface area contributed by atoms with Crippen molar-refractivity contribution in [1.29, 1.82) is 0 Å². The number of hydrogen-bond donors (Lipinski definition) is 1. The molecule has 0 amide bonds. The van der Waals surface area contributed by atoms with E-state index in [2.05, 4.69) is 18.3 Å². The highest BCUT2D eigenvalue weighted by Gasteiger charge is 2.06. The molecule has 0 fully saturated rings. The molecule has 4 nitrogen and oxygen atoms in total. The molecular formula is C16H27NO3S. The fourth-order valence-corrected chi connectivity index (χ4v) is 2.44. The van der Waals surface area contributed by atoms with Gasteiger partial charge in [0.2, 0.25) is 0 Å². The van der Waals surface area contributed by atoms with Crippen LogP contribution in [-0.2, 0) is 11.3 Å². The molecular weight excluding hydrogens is 286 g/mol. The summed E-state index contributed by atoms with van der Waals surface area (Å²) in [7, 11) is 3.38. The van der Waals surface area contributed by atoms with Crippen LogP contribution in [0.2, 0.25) is 0 Å². The lowest BCUT2D eigenvalue weighted by Gasteiger charge is -2.13. The number of rotatable bonds is 12. The van der Waals surface area contributed by atoms with Gasteiger partial charge in [-0.2, -0.15) is 11.8 Å². The number of benzene rings is 1. The topological polar surface area (TPSA) is 39.7 Å². The summed E-state index contributed by atoms with van der Waals surface area (Å²) in [6.07, 6.45) is 1.06. The van der Waals surface area contributed by atoms with Gasteiger partial charge in [-0.25, -0.2) is 0 Å². The number of methoxy groups -OCH3 is 2. The van der Waals surface area contributed by atoms with Crippen LogP contribution >= 0.6 is 11.8 Å². The molecule has 0 spiro atoms. The maximum Gasteiger partial charge on any atom is 0.127 e. The molecule has 1 aromatic carbocycles. The molecule has 21 heavy (non-hydrogen) atoms. The Balaban J connectivity index is 2.51. The van der Waals surface area contributed by atoms with E-state index in [1.807, 2.05) is 23.9 Å². The average Bonchev–Trinajstić information content (AvgIpc) is 2.52. The number of nitrogens with one attached hydrogen (secondary N) is 1. The second-order valence-electron chi connectivity index (χ2n) is 4.54. The van der Waals surface area contributed by atoms with Crippen molar-refractivity contribution in [2.45, 2.75) is 19.9 Å². The number of thioether (sulfide) groups is 1. The third kappa shape index (κ3) is 7.60. The molecule has 0 aromatic heterocycles. The second kappa shape index (κ2) is 11.7. The van der Waals surface area contributed by atoms with Gasteiger partial charge in [0.1, 0.15) is 11.5 Å². The Morgan fingerprint density at radius 2 is 2.05 bits per heavy atom. The molecule has 0 radical (unpaired) electrons. The van der Waals surface area contributed by atoms with Gasteiger partial charge in [0.15, 0.2) is 0 Å². The van der Waals surface area contributed by atoms with Crippen LogP contribution in [0.5, 0.6) is 11.5 Å². The summed E-state index contributed by atoms with van der Waals surface area (Å²) in [6, 6.07) is 5.97. The lowest BCUT2D eigenvalue weighted by atomic mass is 10.2. The number of ether oxygens (including phenoxy) is 3. The zero-order valence-corrected chi connectivity index (χ0v) is 14.1. The van der Waals surface area contributed by atoms with Crippen molar-refractivity contribution < 1.29 is 14.2 Å². The van der Waals surface area contributed by atoms with Crippen LogP contribution in [-0.4, -0.2) is 45.5 Å². The Hall–Kier alpha value is -0.910. The van der Waals surface area contributed by atoms with Crippen molar-refractivity contribution in [3.63, 3.8) is 0 Å². The third-order valence-electron chi connectivity index (χ3n) is 2.97. The Bertz CT molecular complexity index is 388. The molecule has 1 rings (SSSR count). The van der Waals surface area contributed by atoms with Crippen LogP contribution in [0.4, 0.5) is 0 Å². The SMILES string of the molecule is CCSCCCOc1cc(OC)ccc1CNCCOC. The average molecular weight is 313 g/mol. The molecule has 0 aliphatic carbocycles. The standard InChI is InChI=1S/C16H27NO3S/c1-4-21-11-5-9-20-16-12-15(19-3)7-6-14(16)13-17-8-10-18-2/h6-7,12,17H,4-5,8-11,13H2,1-3H3. The molecule has 1 N–H and O–H groups in total. The van der Waals surface area contributed by atoms with Crippen molar-refractivity contribution in [3.05, 3.63) is 23.8 Å². The molecule has 1 aromatic rings. The predicted octanol–water partition coefficient (Wildman–Crippen LogP) is 2.95. The monoisotopic (exact) mass is 313 g/mol. The minimum Gasteiger partial charge on any atom is -0.497 e. The second-order valence-corrected chi connectivity index (χ2v) is 5.94. The summed E-state index contributed by atoms with van der Waals surface area (Å²) in [5, 5.41) is 3.34. The van der Waals surface area contributed by atoms with Gasteiger partial charge in [0.05, 0.1) is 20.3 Å². The molecule has 0 aliphatic heterocycles. The zero-order chi connectivity index (χ0) is 15.3. The van der Waals surface area contributed by atoms with E-state index in [4.69, 9.17) is 14.2 Å². The van der Waals surface area contributed by atoms with Crippen LogP contribution < -0.4 is 14.8 Å². The normalized spacial score (nSPS) is 10.6. The summed E-state index contributed by atoms with van der Waals surface area (Å²) in [5.74, 6) is 4.03. The molecule has 120 valence electrons. The van der Waals surface area contributed by atoms with Crippen molar-refractivity contribution in [2.75, 3.05) is 45.5 Å². The maximum absolute atomic E-state index is 5.92. The van der Waals surface area contributed by atoms with E-state index >= 15 is 0 Å². The van der Waals surface area contributed by atoms with E-state index in [1.165, 1.54) is 0 Å². The van der Waals surface area contributed by atoms with E-state index in [0.29, 0.717) is 6.61 Å². The van der Waals surface area contributed by atoms with Gasteiger partial charge in [-0.3, -0.25) is 0 Å². The minimum atomic E-state index is 0.709. The molecule has 0 saturated carbocycles. The summed E-state index contributed by atoms with van der Waals surface area (Å²) < 4.78 is 16.2. The van der Waals surface area contributed by atoms with Crippen LogP contribution in [0.1, 0.15) is 18.9 Å².